The molecule has 1 amide bonds. The van der Waals surface area contributed by atoms with Crippen LogP contribution < -0.4 is 24.7 Å². The normalized spacial score (nSPS) is 11.3. The van der Waals surface area contributed by atoms with Crippen molar-refractivity contribution in [3.8, 4) is 17.2 Å². The zero-order valence-electron chi connectivity index (χ0n) is 19.2. The lowest BCUT2D eigenvalue weighted by Crippen LogP contribution is -2.16. The molecule has 2 aromatic carbocycles. The second kappa shape index (κ2) is 9.60. The smallest absolute Gasteiger partial charge is 0.257 e. The summed E-state index contributed by atoms with van der Waals surface area (Å²) >= 11 is 0. The summed E-state index contributed by atoms with van der Waals surface area (Å²) in [6, 6.07) is 11.1. The third-order valence-corrected chi connectivity index (χ3v) is 6.21. The fraction of sp³-hybridized carbons (Fsp3) is 0.174. The van der Waals surface area contributed by atoms with Gasteiger partial charge >= 0.3 is 0 Å². The van der Waals surface area contributed by atoms with Crippen molar-refractivity contribution in [2.75, 3.05) is 26.6 Å². The van der Waals surface area contributed by atoms with Crippen LogP contribution in [0.1, 0.15) is 15.9 Å². The molecule has 0 fully saturated rings. The number of nitrogens with one attached hydrogen (secondary N) is 1. The molecule has 12 heteroatoms. The van der Waals surface area contributed by atoms with Gasteiger partial charge in [-0.15, -0.1) is 0 Å². The van der Waals surface area contributed by atoms with Gasteiger partial charge in [-0.1, -0.05) is 0 Å². The van der Waals surface area contributed by atoms with E-state index in [0.29, 0.717) is 29.1 Å². The van der Waals surface area contributed by atoms with E-state index in [-0.39, 0.29) is 21.9 Å². The quantitative estimate of drug-likeness (QED) is 0.377. The van der Waals surface area contributed by atoms with E-state index in [1.54, 1.807) is 37.2 Å². The van der Waals surface area contributed by atoms with Gasteiger partial charge in [-0.05, 0) is 36.4 Å². The van der Waals surface area contributed by atoms with Crippen LogP contribution in [0.5, 0.6) is 17.2 Å². The Morgan fingerprint density at radius 1 is 1.00 bits per heavy atom. The minimum atomic E-state index is -3.96. The fourth-order valence-corrected chi connectivity index (χ4v) is 4.05. The van der Waals surface area contributed by atoms with Crippen molar-refractivity contribution < 1.29 is 27.4 Å². The van der Waals surface area contributed by atoms with Crippen LogP contribution in [0.4, 0.5) is 5.69 Å². The Labute approximate surface area is 201 Å². The van der Waals surface area contributed by atoms with Crippen LogP contribution in [0.15, 0.2) is 59.8 Å². The molecule has 0 bridgehead atoms. The zero-order chi connectivity index (χ0) is 25.2. The maximum absolute atomic E-state index is 12.9. The average molecular weight is 498 g/mol. The summed E-state index contributed by atoms with van der Waals surface area (Å²) in [6.45, 7) is 0.396. The van der Waals surface area contributed by atoms with Gasteiger partial charge in [0.1, 0.15) is 17.2 Å². The number of methoxy groups -OCH3 is 3. The van der Waals surface area contributed by atoms with Crippen molar-refractivity contribution >= 4 is 32.7 Å². The van der Waals surface area contributed by atoms with Crippen molar-refractivity contribution in [2.45, 2.75) is 11.4 Å². The third-order valence-electron chi connectivity index (χ3n) is 5.30. The lowest BCUT2D eigenvalue weighted by atomic mass is 10.2. The molecule has 4 aromatic rings. The van der Waals surface area contributed by atoms with Gasteiger partial charge in [0.2, 0.25) is 10.0 Å². The first-order valence-corrected chi connectivity index (χ1v) is 11.8. The van der Waals surface area contributed by atoms with Gasteiger partial charge in [0, 0.05) is 23.2 Å². The minimum absolute atomic E-state index is 0.155. The van der Waals surface area contributed by atoms with E-state index in [4.69, 9.17) is 19.3 Å². The van der Waals surface area contributed by atoms with Crippen molar-refractivity contribution in [2.24, 2.45) is 5.14 Å². The number of amides is 1. The van der Waals surface area contributed by atoms with Crippen LogP contribution in [0.25, 0.3) is 11.0 Å². The van der Waals surface area contributed by atoms with Gasteiger partial charge in [0.05, 0.1) is 50.2 Å². The lowest BCUT2D eigenvalue weighted by Gasteiger charge is -2.12. The number of hydrogen-bond acceptors (Lipinski definition) is 8. The molecule has 0 radical (unpaired) electrons. The number of benzene rings is 2. The maximum atomic E-state index is 12.9. The summed E-state index contributed by atoms with van der Waals surface area (Å²) in [6.07, 6.45) is 3.02. The van der Waals surface area contributed by atoms with Gasteiger partial charge in [0.15, 0.2) is 5.65 Å². The number of primary sulfonamides is 1. The summed E-state index contributed by atoms with van der Waals surface area (Å²) in [4.78, 5) is 17.1. The number of nitrogens with zero attached hydrogens (tertiary/aromatic N) is 3. The van der Waals surface area contributed by atoms with E-state index >= 15 is 0 Å². The van der Waals surface area contributed by atoms with E-state index < -0.39 is 15.9 Å². The van der Waals surface area contributed by atoms with E-state index in [9.17, 15) is 13.2 Å². The first-order valence-electron chi connectivity index (χ1n) is 10.3. The number of fused-ring (bicyclic) bond motifs is 1. The molecular weight excluding hydrogens is 474 g/mol. The van der Waals surface area contributed by atoms with Crippen molar-refractivity contribution in [1.82, 2.24) is 14.8 Å². The Morgan fingerprint density at radius 2 is 1.77 bits per heavy atom. The predicted octanol–water partition coefficient (Wildman–Crippen LogP) is 2.41. The molecule has 0 atom stereocenters. The molecule has 0 saturated heterocycles. The first-order chi connectivity index (χ1) is 16.7. The van der Waals surface area contributed by atoms with Crippen LogP contribution in [0, 0.1) is 0 Å². The molecule has 3 N–H and O–H groups in total. The van der Waals surface area contributed by atoms with Crippen molar-refractivity contribution in [3.05, 3.63) is 66.0 Å². The molecule has 182 valence electrons. The summed E-state index contributed by atoms with van der Waals surface area (Å²) in [5.74, 6) is 1.10. The van der Waals surface area contributed by atoms with E-state index in [2.05, 4.69) is 15.4 Å². The van der Waals surface area contributed by atoms with Crippen LogP contribution in [0.3, 0.4) is 0 Å². The molecular formula is C23H23N5O6S. The van der Waals surface area contributed by atoms with Crippen LogP contribution >= 0.6 is 0 Å². The summed E-state index contributed by atoms with van der Waals surface area (Å²) < 4.78 is 41.0. The van der Waals surface area contributed by atoms with E-state index in [0.717, 1.165) is 5.56 Å². The molecule has 11 nitrogen and oxygen atoms in total. The number of pyridine rings is 1. The number of ether oxygens (including phenoxy) is 3. The van der Waals surface area contributed by atoms with Gasteiger partial charge in [0.25, 0.3) is 5.91 Å². The molecule has 4 rings (SSSR count). The fourth-order valence-electron chi connectivity index (χ4n) is 3.51. The van der Waals surface area contributed by atoms with Gasteiger partial charge in [-0.25, -0.2) is 23.2 Å². The number of carbonyl (C=O) groups is 1. The third kappa shape index (κ3) is 5.03. The molecule has 0 spiro atoms. The largest absolute Gasteiger partial charge is 0.497 e. The standard InChI is InChI=1S/C23H23N5O6S/c1-32-17-5-4-14(21(9-17)34-3)13-28-22-15(12-26-28)8-16(11-25-22)23(29)27-19-10-18(35(24,30)31)6-7-20(19)33-2/h4-12H,13H2,1-3H3,(H,27,29)(H2,24,30,31). The monoisotopic (exact) mass is 497 g/mol. The second-order valence-electron chi connectivity index (χ2n) is 7.48. The maximum Gasteiger partial charge on any atom is 0.257 e. The number of anilines is 1. The Bertz CT molecular complexity index is 1520. The molecule has 0 aliphatic carbocycles. The molecule has 0 saturated carbocycles. The Kier molecular flexibility index (Phi) is 6.58. The highest BCUT2D eigenvalue weighted by atomic mass is 32.2. The highest BCUT2D eigenvalue weighted by molar-refractivity contribution is 7.89. The molecule has 0 aliphatic heterocycles. The molecule has 2 heterocycles. The number of rotatable bonds is 8. The predicted molar refractivity (Wildman–Crippen MR) is 128 cm³/mol. The van der Waals surface area contributed by atoms with Crippen LogP contribution in [-0.2, 0) is 16.6 Å². The van der Waals surface area contributed by atoms with Crippen molar-refractivity contribution in [3.63, 3.8) is 0 Å². The van der Waals surface area contributed by atoms with Gasteiger partial charge in [-0.3, -0.25) is 4.79 Å². The molecule has 35 heavy (non-hydrogen) atoms. The summed E-state index contributed by atoms with van der Waals surface area (Å²) in [5.41, 5.74) is 1.87. The van der Waals surface area contributed by atoms with Crippen molar-refractivity contribution in [1.29, 1.82) is 0 Å². The zero-order valence-corrected chi connectivity index (χ0v) is 20.0. The van der Waals surface area contributed by atoms with Gasteiger partial charge < -0.3 is 19.5 Å². The average Bonchev–Trinajstić information content (AvgIpc) is 3.25. The number of sulfonamides is 1. The topological polar surface area (TPSA) is 148 Å². The number of hydrogen-bond donors (Lipinski definition) is 2. The van der Waals surface area contributed by atoms with Crippen LogP contribution in [-0.4, -0.2) is 50.4 Å². The number of aromatic nitrogens is 3. The van der Waals surface area contributed by atoms with E-state index in [1.807, 2.05) is 12.1 Å². The highest BCUT2D eigenvalue weighted by Crippen LogP contribution is 2.28. The minimum Gasteiger partial charge on any atom is -0.497 e. The number of carbonyl (C=O) groups excluding carboxylic acids is 1. The van der Waals surface area contributed by atoms with Gasteiger partial charge in [-0.2, -0.15) is 5.10 Å². The number of nitrogens with two attached hydrogens (primary N) is 1. The Balaban J connectivity index is 1.60. The summed E-state index contributed by atoms with van der Waals surface area (Å²) in [7, 11) is 0.609. The second-order valence-corrected chi connectivity index (χ2v) is 9.04. The first kappa shape index (κ1) is 24.0. The Hall–Kier alpha value is -4.16. The SMILES string of the molecule is COc1ccc(Cn2ncc3cc(C(=O)Nc4cc(S(N)(=O)=O)ccc4OC)cnc32)c(OC)c1. The highest BCUT2D eigenvalue weighted by Gasteiger charge is 2.17. The molecule has 2 aromatic heterocycles. The van der Waals surface area contributed by atoms with E-state index in [1.165, 1.54) is 31.5 Å². The summed E-state index contributed by atoms with van der Waals surface area (Å²) in [5, 5.41) is 12.9. The Morgan fingerprint density at radius 3 is 2.46 bits per heavy atom. The molecule has 0 aliphatic rings. The molecule has 0 unspecified atom stereocenters. The van der Waals surface area contributed by atoms with Crippen LogP contribution in [0.2, 0.25) is 0 Å². The lowest BCUT2D eigenvalue weighted by molar-refractivity contribution is 0.102.